The van der Waals surface area contributed by atoms with Gasteiger partial charge in [0.25, 0.3) is 5.91 Å². The van der Waals surface area contributed by atoms with Crippen molar-refractivity contribution in [3.63, 3.8) is 0 Å². The first kappa shape index (κ1) is 12.4. The maximum absolute atomic E-state index is 12.0. The van der Waals surface area contributed by atoms with Crippen LogP contribution >= 0.6 is 11.6 Å². The Morgan fingerprint density at radius 2 is 2.00 bits per heavy atom. The van der Waals surface area contributed by atoms with Gasteiger partial charge in [-0.25, -0.2) is 0 Å². The topological polar surface area (TPSA) is 29.1 Å². The van der Waals surface area contributed by atoms with Crippen LogP contribution in [0.3, 0.4) is 0 Å². The fourth-order valence-corrected chi connectivity index (χ4v) is 2.64. The number of halogens is 1. The van der Waals surface area contributed by atoms with Crippen molar-refractivity contribution >= 4 is 17.5 Å². The minimum absolute atomic E-state index is 0.0399. The van der Waals surface area contributed by atoms with Gasteiger partial charge in [0.1, 0.15) is 0 Å². The lowest BCUT2D eigenvalue weighted by Crippen LogP contribution is -2.36. The first-order chi connectivity index (χ1) is 8.16. The largest absolute Gasteiger partial charge is 0.349 e. The number of nitrogens with one attached hydrogen (secondary N) is 1. The molecular weight excluding hydrogens is 234 g/mol. The summed E-state index contributed by atoms with van der Waals surface area (Å²) in [5, 5.41) is 3.61. The Hall–Kier alpha value is -1.02. The smallest absolute Gasteiger partial charge is 0.253 e. The molecule has 0 atom stereocenters. The molecule has 1 aliphatic carbocycles. The predicted octanol–water partition coefficient (Wildman–Crippen LogP) is 3.71. The van der Waals surface area contributed by atoms with Gasteiger partial charge in [0.2, 0.25) is 0 Å². The molecule has 1 amide bonds. The summed E-state index contributed by atoms with van der Waals surface area (Å²) in [7, 11) is 0. The summed E-state index contributed by atoms with van der Waals surface area (Å²) in [5.74, 6) is -0.0399. The first-order valence-corrected chi connectivity index (χ1v) is 6.61. The van der Waals surface area contributed by atoms with Crippen molar-refractivity contribution in [1.82, 2.24) is 5.32 Å². The third-order valence-electron chi connectivity index (χ3n) is 3.31. The lowest BCUT2D eigenvalue weighted by atomic mass is 9.95. The molecule has 2 nitrogen and oxygen atoms in total. The van der Waals surface area contributed by atoms with E-state index in [4.69, 9.17) is 11.6 Å². The monoisotopic (exact) mass is 251 g/mol. The summed E-state index contributed by atoms with van der Waals surface area (Å²) in [6, 6.07) is 5.88. The van der Waals surface area contributed by atoms with Gasteiger partial charge in [-0.3, -0.25) is 4.79 Å². The summed E-state index contributed by atoms with van der Waals surface area (Å²) in [6.45, 7) is 1.97. The maximum Gasteiger partial charge on any atom is 0.253 e. The number of hydrogen-bond acceptors (Lipinski definition) is 1. The van der Waals surface area contributed by atoms with E-state index < -0.39 is 0 Å². The summed E-state index contributed by atoms with van der Waals surface area (Å²) >= 11 is 6.08. The first-order valence-electron chi connectivity index (χ1n) is 6.24. The molecule has 2 rings (SSSR count). The minimum atomic E-state index is -0.0399. The van der Waals surface area contributed by atoms with Gasteiger partial charge in [0.15, 0.2) is 0 Å². The molecular formula is C14H18ClNO. The van der Waals surface area contributed by atoms with Crippen molar-refractivity contribution in [2.75, 3.05) is 0 Å². The van der Waals surface area contributed by atoms with Gasteiger partial charge in [0.05, 0.1) is 10.6 Å². The van der Waals surface area contributed by atoms with Gasteiger partial charge >= 0.3 is 0 Å². The molecule has 0 heterocycles. The van der Waals surface area contributed by atoms with Crippen LogP contribution in [0, 0.1) is 6.92 Å². The predicted molar refractivity (Wildman–Crippen MR) is 70.5 cm³/mol. The number of rotatable bonds is 2. The van der Waals surface area contributed by atoms with Crippen LogP contribution in [0.5, 0.6) is 0 Å². The number of hydrogen-bond donors (Lipinski definition) is 1. The Morgan fingerprint density at radius 3 is 2.65 bits per heavy atom. The Kier molecular flexibility index (Phi) is 4.06. The Balaban J connectivity index is 2.03. The van der Waals surface area contributed by atoms with Crippen LogP contribution in [0.2, 0.25) is 5.02 Å². The fraction of sp³-hybridized carbons (Fsp3) is 0.500. The van der Waals surface area contributed by atoms with Crippen LogP contribution in [0.1, 0.15) is 48.0 Å². The van der Waals surface area contributed by atoms with Crippen LogP contribution in [0.25, 0.3) is 0 Å². The molecule has 0 bridgehead atoms. The van der Waals surface area contributed by atoms with E-state index >= 15 is 0 Å². The van der Waals surface area contributed by atoms with Crippen molar-refractivity contribution in [2.45, 2.75) is 45.1 Å². The lowest BCUT2D eigenvalue weighted by molar-refractivity contribution is 0.0928. The molecule has 92 valence electrons. The second-order valence-electron chi connectivity index (χ2n) is 4.79. The average molecular weight is 252 g/mol. The van der Waals surface area contributed by atoms with Gasteiger partial charge < -0.3 is 5.32 Å². The van der Waals surface area contributed by atoms with Crippen molar-refractivity contribution in [2.24, 2.45) is 0 Å². The molecule has 0 radical (unpaired) electrons. The van der Waals surface area contributed by atoms with E-state index in [9.17, 15) is 4.79 Å². The second kappa shape index (κ2) is 5.54. The zero-order valence-corrected chi connectivity index (χ0v) is 10.9. The van der Waals surface area contributed by atoms with Crippen LogP contribution in [0.15, 0.2) is 18.2 Å². The quantitative estimate of drug-likeness (QED) is 0.853. The third kappa shape index (κ3) is 3.22. The molecule has 0 aromatic heterocycles. The summed E-state index contributed by atoms with van der Waals surface area (Å²) in [5.41, 5.74) is 1.66. The molecule has 0 aliphatic heterocycles. The lowest BCUT2D eigenvalue weighted by Gasteiger charge is -2.23. The number of carbonyl (C=O) groups is 1. The molecule has 0 saturated heterocycles. The summed E-state index contributed by atoms with van der Waals surface area (Å²) in [6.07, 6.45) is 5.90. The van der Waals surface area contributed by atoms with E-state index in [1.807, 2.05) is 19.1 Å². The van der Waals surface area contributed by atoms with E-state index in [0.29, 0.717) is 16.6 Å². The van der Waals surface area contributed by atoms with Crippen molar-refractivity contribution < 1.29 is 4.79 Å². The number of carbonyl (C=O) groups excluding carboxylic acids is 1. The van der Waals surface area contributed by atoms with E-state index in [1.54, 1.807) is 6.07 Å². The van der Waals surface area contributed by atoms with E-state index in [-0.39, 0.29) is 5.91 Å². The van der Waals surface area contributed by atoms with Crippen molar-refractivity contribution in [3.8, 4) is 0 Å². The van der Waals surface area contributed by atoms with Crippen molar-refractivity contribution in [1.29, 1.82) is 0 Å². The Morgan fingerprint density at radius 1 is 1.29 bits per heavy atom. The number of amides is 1. The molecule has 0 unspecified atom stereocenters. The van der Waals surface area contributed by atoms with Crippen LogP contribution < -0.4 is 5.32 Å². The molecule has 1 aromatic carbocycles. The molecule has 3 heteroatoms. The second-order valence-corrected chi connectivity index (χ2v) is 5.20. The van der Waals surface area contributed by atoms with Gasteiger partial charge in [-0.2, -0.15) is 0 Å². The van der Waals surface area contributed by atoms with E-state index in [0.717, 1.165) is 18.4 Å². The highest BCUT2D eigenvalue weighted by Crippen LogP contribution is 2.20. The average Bonchev–Trinajstić information content (AvgIpc) is 2.30. The van der Waals surface area contributed by atoms with Crippen LogP contribution in [0.4, 0.5) is 0 Å². The molecule has 1 fully saturated rings. The van der Waals surface area contributed by atoms with E-state index in [1.165, 1.54) is 19.3 Å². The Bertz CT molecular complexity index is 411. The molecule has 1 aromatic rings. The van der Waals surface area contributed by atoms with Gasteiger partial charge in [-0.05, 0) is 37.5 Å². The van der Waals surface area contributed by atoms with Crippen molar-refractivity contribution in [3.05, 3.63) is 34.3 Å². The highest BCUT2D eigenvalue weighted by Gasteiger charge is 2.17. The van der Waals surface area contributed by atoms with E-state index in [2.05, 4.69) is 5.32 Å². The summed E-state index contributed by atoms with van der Waals surface area (Å²) in [4.78, 5) is 12.0. The molecule has 0 spiro atoms. The zero-order valence-electron chi connectivity index (χ0n) is 10.1. The molecule has 17 heavy (non-hydrogen) atoms. The highest BCUT2D eigenvalue weighted by molar-refractivity contribution is 6.33. The molecule has 1 saturated carbocycles. The van der Waals surface area contributed by atoms with Crippen LogP contribution in [-0.2, 0) is 0 Å². The minimum Gasteiger partial charge on any atom is -0.349 e. The van der Waals surface area contributed by atoms with Gasteiger partial charge in [0, 0.05) is 6.04 Å². The SMILES string of the molecule is Cc1ccc(C(=O)NC2CCCCC2)c(Cl)c1. The van der Waals surface area contributed by atoms with Crippen LogP contribution in [-0.4, -0.2) is 11.9 Å². The highest BCUT2D eigenvalue weighted by atomic mass is 35.5. The normalized spacial score (nSPS) is 16.8. The zero-order chi connectivity index (χ0) is 12.3. The maximum atomic E-state index is 12.0. The summed E-state index contributed by atoms with van der Waals surface area (Å²) < 4.78 is 0. The molecule has 1 N–H and O–H groups in total. The number of benzene rings is 1. The van der Waals surface area contributed by atoms with Gasteiger partial charge in [-0.15, -0.1) is 0 Å². The fourth-order valence-electron chi connectivity index (χ4n) is 2.31. The third-order valence-corrected chi connectivity index (χ3v) is 3.62. The number of aryl methyl sites for hydroxylation is 1. The standard InChI is InChI=1S/C14H18ClNO/c1-10-7-8-12(13(15)9-10)14(17)16-11-5-3-2-4-6-11/h7-9,11H,2-6H2,1H3,(H,16,17). The Labute approximate surface area is 107 Å². The van der Waals surface area contributed by atoms with Gasteiger partial charge in [-0.1, -0.05) is 36.9 Å². The molecule has 1 aliphatic rings.